The van der Waals surface area contributed by atoms with E-state index in [0.29, 0.717) is 0 Å². The number of allylic oxidation sites excluding steroid dienone is 2. The monoisotopic (exact) mass is 166 g/mol. The van der Waals surface area contributed by atoms with E-state index in [0.717, 1.165) is 11.8 Å². The number of rotatable bonds is 2. The molecule has 1 aliphatic carbocycles. The Kier molecular flexibility index (Phi) is 3.84. The topological polar surface area (TPSA) is 0 Å². The fourth-order valence-corrected chi connectivity index (χ4v) is 1.97. The molecule has 0 N–H and O–H groups in total. The van der Waals surface area contributed by atoms with E-state index in [9.17, 15) is 0 Å². The van der Waals surface area contributed by atoms with E-state index >= 15 is 0 Å². The third-order valence-corrected chi connectivity index (χ3v) is 2.99. The van der Waals surface area contributed by atoms with Crippen molar-refractivity contribution in [1.29, 1.82) is 0 Å². The van der Waals surface area contributed by atoms with Crippen molar-refractivity contribution in [3.63, 3.8) is 0 Å². The highest BCUT2D eigenvalue weighted by molar-refractivity contribution is 4.94. The molecule has 0 heterocycles. The third-order valence-electron chi connectivity index (χ3n) is 2.99. The lowest BCUT2D eigenvalue weighted by Crippen LogP contribution is -2.11. The van der Waals surface area contributed by atoms with Gasteiger partial charge < -0.3 is 0 Å². The summed E-state index contributed by atoms with van der Waals surface area (Å²) in [5.74, 6) is 1.99. The second kappa shape index (κ2) is 4.69. The summed E-state index contributed by atoms with van der Waals surface area (Å²) in [6.45, 7) is 6.79. The van der Waals surface area contributed by atoms with Gasteiger partial charge in [-0.3, -0.25) is 0 Å². The zero-order valence-corrected chi connectivity index (χ0v) is 8.77. The molecule has 0 nitrogen and oxygen atoms in total. The molecule has 0 aromatic heterocycles. The number of hydrogen-bond acceptors (Lipinski definition) is 0. The lowest BCUT2D eigenvalue weighted by atomic mass is 9.81. The van der Waals surface area contributed by atoms with Gasteiger partial charge in [0.05, 0.1) is 0 Å². The van der Waals surface area contributed by atoms with Gasteiger partial charge in [-0.25, -0.2) is 0 Å². The molecule has 1 aliphatic rings. The predicted octanol–water partition coefficient (Wildman–Crippen LogP) is 4.17. The van der Waals surface area contributed by atoms with Crippen molar-refractivity contribution in [3.05, 3.63) is 11.6 Å². The van der Waals surface area contributed by atoms with Crippen LogP contribution in [0.4, 0.5) is 0 Å². The molecule has 70 valence electrons. The van der Waals surface area contributed by atoms with Gasteiger partial charge in [-0.2, -0.15) is 0 Å². The first kappa shape index (κ1) is 9.83. The van der Waals surface area contributed by atoms with Crippen LogP contribution in [0.25, 0.3) is 0 Å². The van der Waals surface area contributed by atoms with Crippen LogP contribution in [0.3, 0.4) is 0 Å². The lowest BCUT2D eigenvalue weighted by Gasteiger charge is -2.25. The fourth-order valence-electron chi connectivity index (χ4n) is 1.97. The van der Waals surface area contributed by atoms with E-state index < -0.39 is 0 Å². The summed E-state index contributed by atoms with van der Waals surface area (Å²) in [5, 5.41) is 0. The molecule has 0 aliphatic heterocycles. The Balaban J connectivity index is 2.22. The van der Waals surface area contributed by atoms with Gasteiger partial charge in [-0.1, -0.05) is 31.4 Å². The van der Waals surface area contributed by atoms with E-state index in [1.54, 1.807) is 0 Å². The molecule has 0 heteroatoms. The molecule has 0 bridgehead atoms. The Morgan fingerprint density at radius 2 is 1.75 bits per heavy atom. The Hall–Kier alpha value is -0.260. The zero-order chi connectivity index (χ0) is 8.97. The maximum absolute atomic E-state index is 2.40. The molecule has 0 spiro atoms. The molecule has 12 heavy (non-hydrogen) atoms. The minimum Gasteiger partial charge on any atom is -0.0856 e. The van der Waals surface area contributed by atoms with Gasteiger partial charge in [0.25, 0.3) is 0 Å². The summed E-state index contributed by atoms with van der Waals surface area (Å²) in [7, 11) is 0. The first-order valence-corrected chi connectivity index (χ1v) is 5.32. The van der Waals surface area contributed by atoms with Crippen molar-refractivity contribution in [2.24, 2.45) is 11.8 Å². The molecule has 0 saturated heterocycles. The summed E-state index contributed by atoms with van der Waals surface area (Å²) < 4.78 is 0. The van der Waals surface area contributed by atoms with E-state index in [-0.39, 0.29) is 0 Å². The van der Waals surface area contributed by atoms with Crippen molar-refractivity contribution in [3.8, 4) is 0 Å². The Bertz CT molecular complexity index is 143. The van der Waals surface area contributed by atoms with Crippen LogP contribution >= 0.6 is 0 Å². The molecular formula is C12H22. The van der Waals surface area contributed by atoms with E-state index in [1.165, 1.54) is 37.7 Å². The van der Waals surface area contributed by atoms with Crippen LogP contribution in [0, 0.1) is 11.8 Å². The Morgan fingerprint density at radius 1 is 1.17 bits per heavy atom. The average Bonchev–Trinajstić information content (AvgIpc) is 2.03. The highest BCUT2D eigenvalue weighted by Crippen LogP contribution is 2.30. The van der Waals surface area contributed by atoms with E-state index in [2.05, 4.69) is 26.8 Å². The molecule has 0 unspecified atom stereocenters. The normalized spacial score (nSPS) is 29.9. The van der Waals surface area contributed by atoms with Gasteiger partial charge in [0.2, 0.25) is 0 Å². The second-order valence-electron chi connectivity index (χ2n) is 4.64. The van der Waals surface area contributed by atoms with E-state index in [1.807, 2.05) is 0 Å². The molecule has 1 fully saturated rings. The highest BCUT2D eigenvalue weighted by Gasteiger charge is 2.16. The quantitative estimate of drug-likeness (QED) is 0.540. The molecule has 0 aromatic carbocycles. The summed E-state index contributed by atoms with van der Waals surface area (Å²) in [6.07, 6.45) is 9.58. The largest absolute Gasteiger partial charge is 0.0856 e. The van der Waals surface area contributed by atoms with Crippen LogP contribution in [0.5, 0.6) is 0 Å². The number of hydrogen-bond donors (Lipinski definition) is 0. The van der Waals surface area contributed by atoms with Crippen LogP contribution < -0.4 is 0 Å². The molecular weight excluding hydrogens is 144 g/mol. The maximum atomic E-state index is 2.40. The Labute approximate surface area is 77.1 Å². The predicted molar refractivity (Wildman–Crippen MR) is 55.2 cm³/mol. The van der Waals surface area contributed by atoms with Gasteiger partial charge in [-0.05, 0) is 44.9 Å². The first-order chi connectivity index (χ1) is 5.68. The van der Waals surface area contributed by atoms with Crippen LogP contribution in [0.15, 0.2) is 11.6 Å². The van der Waals surface area contributed by atoms with Gasteiger partial charge in [0.1, 0.15) is 0 Å². The summed E-state index contributed by atoms with van der Waals surface area (Å²) in [5.41, 5.74) is 1.48. The maximum Gasteiger partial charge on any atom is -0.0320 e. The van der Waals surface area contributed by atoms with Crippen LogP contribution in [0.1, 0.15) is 52.9 Å². The van der Waals surface area contributed by atoms with Crippen LogP contribution in [-0.4, -0.2) is 0 Å². The lowest BCUT2D eigenvalue weighted by molar-refractivity contribution is 0.292. The molecule has 0 radical (unpaired) electrons. The van der Waals surface area contributed by atoms with Gasteiger partial charge in [0.15, 0.2) is 0 Å². The first-order valence-electron chi connectivity index (χ1n) is 5.32. The summed E-state index contributed by atoms with van der Waals surface area (Å²) in [4.78, 5) is 0. The van der Waals surface area contributed by atoms with Gasteiger partial charge in [0, 0.05) is 0 Å². The molecule has 1 saturated carbocycles. The van der Waals surface area contributed by atoms with Gasteiger partial charge >= 0.3 is 0 Å². The van der Waals surface area contributed by atoms with Gasteiger partial charge in [-0.15, -0.1) is 0 Å². The van der Waals surface area contributed by atoms with Crippen molar-refractivity contribution < 1.29 is 0 Å². The van der Waals surface area contributed by atoms with E-state index in [4.69, 9.17) is 0 Å². The van der Waals surface area contributed by atoms with Crippen molar-refractivity contribution in [2.45, 2.75) is 52.9 Å². The smallest absolute Gasteiger partial charge is 0.0320 e. The highest BCUT2D eigenvalue weighted by atomic mass is 14.2. The minimum atomic E-state index is 0.993. The SMILES string of the molecule is CC(C)=CCC1CCC(C)CC1. The summed E-state index contributed by atoms with van der Waals surface area (Å²) >= 11 is 0. The van der Waals surface area contributed by atoms with Crippen molar-refractivity contribution >= 4 is 0 Å². The van der Waals surface area contributed by atoms with Crippen molar-refractivity contribution in [1.82, 2.24) is 0 Å². The van der Waals surface area contributed by atoms with Crippen LogP contribution in [0.2, 0.25) is 0 Å². The standard InChI is InChI=1S/C12H22/c1-10(2)4-7-12-8-5-11(3)6-9-12/h4,11-12H,5-9H2,1-3H3. The molecule has 0 aromatic rings. The molecule has 0 atom stereocenters. The second-order valence-corrected chi connectivity index (χ2v) is 4.64. The Morgan fingerprint density at radius 3 is 2.25 bits per heavy atom. The third kappa shape index (κ3) is 3.42. The fraction of sp³-hybridized carbons (Fsp3) is 0.833. The van der Waals surface area contributed by atoms with Crippen LogP contribution in [-0.2, 0) is 0 Å². The average molecular weight is 166 g/mol. The van der Waals surface area contributed by atoms with Crippen molar-refractivity contribution in [2.75, 3.05) is 0 Å². The minimum absolute atomic E-state index is 0.993. The summed E-state index contributed by atoms with van der Waals surface area (Å²) in [6, 6.07) is 0. The molecule has 1 rings (SSSR count). The zero-order valence-electron chi connectivity index (χ0n) is 8.77. The molecule has 0 amide bonds.